The number of rotatable bonds is 9. The second-order valence-electron chi connectivity index (χ2n) is 8.62. The second kappa shape index (κ2) is 11.4. The van der Waals surface area contributed by atoms with Crippen LogP contribution in [0.1, 0.15) is 57.4 Å². The van der Waals surface area contributed by atoms with Gasteiger partial charge in [-0.05, 0) is 60.7 Å². The third-order valence-corrected chi connectivity index (χ3v) is 5.42. The molecule has 6 heteroatoms. The molecule has 178 valence electrons. The van der Waals surface area contributed by atoms with Crippen LogP contribution < -0.4 is 20.1 Å². The molecule has 0 spiro atoms. The monoisotopic (exact) mass is 460 g/mol. The van der Waals surface area contributed by atoms with E-state index in [0.29, 0.717) is 40.7 Å². The van der Waals surface area contributed by atoms with Gasteiger partial charge in [0.15, 0.2) is 11.5 Å². The number of ether oxygens (including phenoxy) is 2. The van der Waals surface area contributed by atoms with E-state index in [4.69, 9.17) is 9.47 Å². The highest BCUT2D eigenvalue weighted by atomic mass is 16.5. The largest absolute Gasteiger partial charge is 0.493 e. The van der Waals surface area contributed by atoms with Gasteiger partial charge in [-0.25, -0.2) is 0 Å². The molecule has 0 atom stereocenters. The van der Waals surface area contributed by atoms with E-state index >= 15 is 0 Å². The van der Waals surface area contributed by atoms with Crippen LogP contribution in [-0.2, 0) is 0 Å². The van der Waals surface area contributed by atoms with Crippen molar-refractivity contribution in [3.63, 3.8) is 0 Å². The Balaban J connectivity index is 1.96. The fraction of sp³-hybridized carbons (Fsp3) is 0.286. The molecule has 34 heavy (non-hydrogen) atoms. The Bertz CT molecular complexity index is 1100. The number of hydrogen-bond donors (Lipinski definition) is 2. The predicted molar refractivity (Wildman–Crippen MR) is 133 cm³/mol. The van der Waals surface area contributed by atoms with Gasteiger partial charge in [0.25, 0.3) is 11.8 Å². The smallest absolute Gasteiger partial charge is 0.253 e. The van der Waals surface area contributed by atoms with Gasteiger partial charge < -0.3 is 20.1 Å². The van der Waals surface area contributed by atoms with Crippen molar-refractivity contribution in [1.29, 1.82) is 0 Å². The number of methoxy groups -OCH3 is 1. The van der Waals surface area contributed by atoms with Gasteiger partial charge in [-0.2, -0.15) is 0 Å². The van der Waals surface area contributed by atoms with Crippen molar-refractivity contribution < 1.29 is 19.1 Å². The summed E-state index contributed by atoms with van der Waals surface area (Å²) in [6.45, 7) is 8.38. The van der Waals surface area contributed by atoms with Crippen LogP contribution in [0.15, 0.2) is 66.7 Å². The maximum Gasteiger partial charge on any atom is 0.253 e. The van der Waals surface area contributed by atoms with E-state index in [1.165, 1.54) is 0 Å². The van der Waals surface area contributed by atoms with Crippen molar-refractivity contribution in [2.45, 2.75) is 33.9 Å². The quantitative estimate of drug-likeness (QED) is 0.430. The molecule has 0 heterocycles. The first kappa shape index (κ1) is 24.8. The van der Waals surface area contributed by atoms with Crippen molar-refractivity contribution >= 4 is 11.8 Å². The number of amides is 2. The zero-order valence-corrected chi connectivity index (χ0v) is 20.3. The van der Waals surface area contributed by atoms with Crippen molar-refractivity contribution in [1.82, 2.24) is 10.6 Å². The van der Waals surface area contributed by atoms with Gasteiger partial charge in [0.1, 0.15) is 6.17 Å². The molecular formula is C28H32N2O4. The maximum absolute atomic E-state index is 13.1. The number of aryl methyl sites for hydroxylation is 2. The molecule has 0 aliphatic rings. The highest BCUT2D eigenvalue weighted by Gasteiger charge is 2.22. The summed E-state index contributed by atoms with van der Waals surface area (Å²) < 4.78 is 11.4. The lowest BCUT2D eigenvalue weighted by atomic mass is 10.1. The fourth-order valence-corrected chi connectivity index (χ4v) is 3.52. The summed E-state index contributed by atoms with van der Waals surface area (Å²) in [4.78, 5) is 26.3. The lowest BCUT2D eigenvalue weighted by Gasteiger charge is -2.23. The third-order valence-electron chi connectivity index (χ3n) is 5.42. The molecule has 0 aromatic heterocycles. The summed E-state index contributed by atoms with van der Waals surface area (Å²) >= 11 is 0. The lowest BCUT2D eigenvalue weighted by molar-refractivity contribution is 0.0882. The van der Waals surface area contributed by atoms with Crippen LogP contribution in [0.4, 0.5) is 0 Å². The normalized spacial score (nSPS) is 10.8. The summed E-state index contributed by atoms with van der Waals surface area (Å²) in [5.41, 5.74) is 3.45. The molecule has 0 radical (unpaired) electrons. The first-order valence-electron chi connectivity index (χ1n) is 11.3. The highest BCUT2D eigenvalue weighted by Crippen LogP contribution is 2.30. The lowest BCUT2D eigenvalue weighted by Crippen LogP contribution is -2.41. The Hall–Kier alpha value is -3.80. The summed E-state index contributed by atoms with van der Waals surface area (Å²) in [5, 5.41) is 5.95. The van der Waals surface area contributed by atoms with Crippen LogP contribution in [0.2, 0.25) is 0 Å². The fourth-order valence-electron chi connectivity index (χ4n) is 3.52. The number of nitrogens with one attached hydrogen (secondary N) is 2. The van der Waals surface area contributed by atoms with Crippen LogP contribution in [0.3, 0.4) is 0 Å². The zero-order chi connectivity index (χ0) is 24.7. The van der Waals surface area contributed by atoms with Crippen molar-refractivity contribution in [3.05, 3.63) is 94.5 Å². The highest BCUT2D eigenvalue weighted by molar-refractivity contribution is 5.98. The molecule has 0 fully saturated rings. The van der Waals surface area contributed by atoms with E-state index in [1.807, 2.05) is 56.3 Å². The van der Waals surface area contributed by atoms with Crippen LogP contribution in [0.5, 0.6) is 11.5 Å². The molecule has 0 aliphatic heterocycles. The summed E-state index contributed by atoms with van der Waals surface area (Å²) in [6.07, 6.45) is -0.786. The Morgan fingerprint density at radius 3 is 1.79 bits per heavy atom. The van der Waals surface area contributed by atoms with Gasteiger partial charge in [0.2, 0.25) is 0 Å². The number of carbonyl (C=O) groups excluding carboxylic acids is 2. The number of benzene rings is 3. The Morgan fingerprint density at radius 2 is 1.32 bits per heavy atom. The molecule has 3 rings (SSSR count). The van der Waals surface area contributed by atoms with Gasteiger partial charge in [0, 0.05) is 11.1 Å². The average molecular weight is 461 g/mol. The maximum atomic E-state index is 13.1. The number of carbonyl (C=O) groups is 2. The van der Waals surface area contributed by atoms with Crippen LogP contribution in [0, 0.1) is 19.8 Å². The van der Waals surface area contributed by atoms with Crippen molar-refractivity contribution in [3.8, 4) is 11.5 Å². The van der Waals surface area contributed by atoms with Crippen LogP contribution >= 0.6 is 0 Å². The van der Waals surface area contributed by atoms with Gasteiger partial charge in [0.05, 0.1) is 13.7 Å². The molecule has 0 saturated carbocycles. The van der Waals surface area contributed by atoms with E-state index in [0.717, 1.165) is 11.1 Å². The van der Waals surface area contributed by atoms with Gasteiger partial charge in [-0.3, -0.25) is 9.59 Å². The summed E-state index contributed by atoms with van der Waals surface area (Å²) in [7, 11) is 1.58. The molecule has 6 nitrogen and oxygen atoms in total. The minimum atomic E-state index is -0.786. The van der Waals surface area contributed by atoms with E-state index in [1.54, 1.807) is 31.4 Å². The van der Waals surface area contributed by atoms with Crippen molar-refractivity contribution in [2.24, 2.45) is 5.92 Å². The average Bonchev–Trinajstić information content (AvgIpc) is 2.82. The molecule has 0 aliphatic carbocycles. The molecule has 0 saturated heterocycles. The van der Waals surface area contributed by atoms with Crippen molar-refractivity contribution in [2.75, 3.05) is 13.7 Å². The van der Waals surface area contributed by atoms with Gasteiger partial charge >= 0.3 is 0 Å². The van der Waals surface area contributed by atoms with Gasteiger partial charge in [-0.15, -0.1) is 0 Å². The molecule has 2 amide bonds. The van der Waals surface area contributed by atoms with Crippen LogP contribution in [0.25, 0.3) is 0 Å². The topological polar surface area (TPSA) is 76.7 Å². The Labute approximate surface area is 201 Å². The molecule has 2 N–H and O–H groups in total. The molecule has 3 aromatic rings. The standard InChI is InChI=1S/C28H32N2O4/c1-18(2)17-34-25-16-21(14-15-24(25)33-5)26(29-27(31)22-12-8-6-10-19(22)3)30-28(32)23-13-9-7-11-20(23)4/h6-16,18,26H,17H2,1-5H3,(H,29,31)(H,30,32). The van der Waals surface area contributed by atoms with Gasteiger partial charge in [-0.1, -0.05) is 56.3 Å². The third kappa shape index (κ3) is 6.16. The Morgan fingerprint density at radius 1 is 0.794 bits per heavy atom. The minimum absolute atomic E-state index is 0.284. The van der Waals surface area contributed by atoms with E-state index < -0.39 is 6.17 Å². The Kier molecular flexibility index (Phi) is 8.30. The van der Waals surface area contributed by atoms with E-state index in [-0.39, 0.29) is 11.8 Å². The van der Waals surface area contributed by atoms with Crippen LogP contribution in [-0.4, -0.2) is 25.5 Å². The summed E-state index contributed by atoms with van der Waals surface area (Å²) in [6, 6.07) is 20.0. The van der Waals surface area contributed by atoms with E-state index in [9.17, 15) is 9.59 Å². The second-order valence-corrected chi connectivity index (χ2v) is 8.62. The predicted octanol–water partition coefficient (Wildman–Crippen LogP) is 5.21. The molecule has 3 aromatic carbocycles. The molecule has 0 bridgehead atoms. The summed E-state index contributed by atoms with van der Waals surface area (Å²) in [5.74, 6) is 0.889. The van der Waals surface area contributed by atoms with E-state index in [2.05, 4.69) is 24.5 Å². The molecule has 0 unspecified atom stereocenters. The first-order chi connectivity index (χ1) is 16.3. The minimum Gasteiger partial charge on any atom is -0.493 e. The molecular weight excluding hydrogens is 428 g/mol. The first-order valence-corrected chi connectivity index (χ1v) is 11.3. The SMILES string of the molecule is COc1ccc(C(NC(=O)c2ccccc2C)NC(=O)c2ccccc2C)cc1OCC(C)C. The zero-order valence-electron chi connectivity index (χ0n) is 20.3. The number of hydrogen-bond acceptors (Lipinski definition) is 4.